The summed E-state index contributed by atoms with van der Waals surface area (Å²) >= 11 is 5.58. The Morgan fingerprint density at radius 1 is 1.41 bits per heavy atom. The summed E-state index contributed by atoms with van der Waals surface area (Å²) in [6, 6.07) is 0. The Morgan fingerprint density at radius 2 is 2.00 bits per heavy atom. The van der Waals surface area contributed by atoms with Crippen molar-refractivity contribution in [1.29, 1.82) is 0 Å². The van der Waals surface area contributed by atoms with E-state index in [1.54, 1.807) is 0 Å². The molecule has 0 aliphatic heterocycles. The third-order valence-corrected chi connectivity index (χ3v) is 3.07. The molecule has 0 saturated carbocycles. The molecule has 4 heteroatoms. The second-order valence-electron chi connectivity index (χ2n) is 5.47. The van der Waals surface area contributed by atoms with Gasteiger partial charge >= 0.3 is 0 Å². The molecule has 0 aliphatic rings. The van der Waals surface area contributed by atoms with Crippen LogP contribution in [0.3, 0.4) is 0 Å². The first kappa shape index (κ1) is 16.5. The van der Waals surface area contributed by atoms with Gasteiger partial charge in [-0.15, -0.1) is 0 Å². The van der Waals surface area contributed by atoms with Gasteiger partial charge in [0.05, 0.1) is 6.54 Å². The number of nitrogens with two attached hydrogens (primary N) is 1. The molecule has 3 N–H and O–H groups in total. The zero-order valence-corrected chi connectivity index (χ0v) is 11.9. The van der Waals surface area contributed by atoms with Crippen molar-refractivity contribution in [2.24, 2.45) is 17.1 Å². The van der Waals surface area contributed by atoms with Crippen molar-refractivity contribution in [2.45, 2.75) is 40.0 Å². The number of carbonyl (C=O) groups is 1. The third-order valence-electron chi connectivity index (χ3n) is 2.94. The van der Waals surface area contributed by atoms with Crippen LogP contribution in [0.5, 0.6) is 0 Å². The SMILES string of the molecule is C=C(Cl)CNC(=O)CCC(CCN)C(C)(C)C. The maximum atomic E-state index is 11.5. The fraction of sp³-hybridized carbons (Fsp3) is 0.769. The Morgan fingerprint density at radius 3 is 2.41 bits per heavy atom. The van der Waals surface area contributed by atoms with Gasteiger partial charge in [-0.2, -0.15) is 0 Å². The van der Waals surface area contributed by atoms with Crippen LogP contribution in [0.2, 0.25) is 0 Å². The van der Waals surface area contributed by atoms with Crippen LogP contribution in [0, 0.1) is 11.3 Å². The molecule has 0 fully saturated rings. The maximum Gasteiger partial charge on any atom is 0.220 e. The van der Waals surface area contributed by atoms with Crippen LogP contribution in [-0.2, 0) is 4.79 Å². The molecule has 17 heavy (non-hydrogen) atoms. The van der Waals surface area contributed by atoms with Crippen molar-refractivity contribution >= 4 is 17.5 Å². The predicted molar refractivity (Wildman–Crippen MR) is 73.9 cm³/mol. The fourth-order valence-electron chi connectivity index (χ4n) is 1.80. The topological polar surface area (TPSA) is 55.1 Å². The zero-order chi connectivity index (χ0) is 13.5. The van der Waals surface area contributed by atoms with Crippen LogP contribution in [0.15, 0.2) is 11.6 Å². The number of nitrogens with one attached hydrogen (secondary N) is 1. The maximum absolute atomic E-state index is 11.5. The summed E-state index contributed by atoms with van der Waals surface area (Å²) < 4.78 is 0. The van der Waals surface area contributed by atoms with Crippen LogP contribution in [0.25, 0.3) is 0 Å². The van der Waals surface area contributed by atoms with E-state index in [4.69, 9.17) is 17.3 Å². The molecule has 100 valence electrons. The zero-order valence-electron chi connectivity index (χ0n) is 11.2. The summed E-state index contributed by atoms with van der Waals surface area (Å²) in [5.74, 6) is 0.496. The van der Waals surface area contributed by atoms with E-state index in [1.165, 1.54) is 0 Å². The Bertz CT molecular complexity index is 259. The highest BCUT2D eigenvalue weighted by Crippen LogP contribution is 2.31. The minimum Gasteiger partial charge on any atom is -0.351 e. The molecular weight excluding hydrogens is 236 g/mol. The second-order valence-corrected chi connectivity index (χ2v) is 6.01. The van der Waals surface area contributed by atoms with Gasteiger partial charge in [0.15, 0.2) is 0 Å². The van der Waals surface area contributed by atoms with Gasteiger partial charge in [-0.25, -0.2) is 0 Å². The first-order chi connectivity index (χ1) is 7.77. The largest absolute Gasteiger partial charge is 0.351 e. The molecule has 1 atom stereocenters. The second kappa shape index (κ2) is 7.72. The number of halogens is 1. The van der Waals surface area contributed by atoms with E-state index < -0.39 is 0 Å². The lowest BCUT2D eigenvalue weighted by atomic mass is 9.76. The van der Waals surface area contributed by atoms with E-state index in [0.29, 0.717) is 30.5 Å². The van der Waals surface area contributed by atoms with Crippen LogP contribution >= 0.6 is 11.6 Å². The molecule has 0 aliphatic carbocycles. The molecule has 0 spiro atoms. The molecular formula is C13H25ClN2O. The Balaban J connectivity index is 4.04. The van der Waals surface area contributed by atoms with Crippen LogP contribution in [0.4, 0.5) is 0 Å². The van der Waals surface area contributed by atoms with E-state index in [1.807, 2.05) is 0 Å². The molecule has 0 rings (SSSR count). The van der Waals surface area contributed by atoms with E-state index in [9.17, 15) is 4.79 Å². The molecule has 0 bridgehead atoms. The number of carbonyl (C=O) groups excluding carboxylic acids is 1. The molecule has 0 aromatic heterocycles. The van der Waals surface area contributed by atoms with Crippen molar-refractivity contribution in [2.75, 3.05) is 13.1 Å². The summed E-state index contributed by atoms with van der Waals surface area (Å²) in [4.78, 5) is 11.5. The molecule has 1 amide bonds. The normalized spacial score (nSPS) is 13.2. The molecule has 0 aromatic carbocycles. The van der Waals surface area contributed by atoms with Gasteiger partial charge in [0, 0.05) is 11.5 Å². The highest BCUT2D eigenvalue weighted by Gasteiger charge is 2.24. The molecule has 0 heterocycles. The first-order valence-electron chi connectivity index (χ1n) is 6.07. The molecule has 0 radical (unpaired) electrons. The summed E-state index contributed by atoms with van der Waals surface area (Å²) in [5, 5.41) is 3.18. The van der Waals surface area contributed by atoms with Crippen LogP contribution in [-0.4, -0.2) is 19.0 Å². The summed E-state index contributed by atoms with van der Waals surface area (Å²) in [6.07, 6.45) is 2.34. The average Bonchev–Trinajstić information content (AvgIpc) is 2.19. The van der Waals surface area contributed by atoms with Crippen molar-refractivity contribution in [3.05, 3.63) is 11.6 Å². The van der Waals surface area contributed by atoms with E-state index >= 15 is 0 Å². The van der Waals surface area contributed by atoms with Crippen molar-refractivity contribution in [1.82, 2.24) is 5.32 Å². The number of rotatable bonds is 7. The summed E-state index contributed by atoms with van der Waals surface area (Å²) in [5.41, 5.74) is 5.79. The van der Waals surface area contributed by atoms with Gasteiger partial charge in [-0.05, 0) is 30.7 Å². The van der Waals surface area contributed by atoms with E-state index in [-0.39, 0.29) is 11.3 Å². The third kappa shape index (κ3) is 8.22. The van der Waals surface area contributed by atoms with Gasteiger partial charge in [0.1, 0.15) is 0 Å². The van der Waals surface area contributed by atoms with Crippen molar-refractivity contribution < 1.29 is 4.79 Å². The monoisotopic (exact) mass is 260 g/mol. The molecule has 0 aromatic rings. The number of hydrogen-bond acceptors (Lipinski definition) is 2. The van der Waals surface area contributed by atoms with Gasteiger partial charge in [0.25, 0.3) is 0 Å². The lowest BCUT2D eigenvalue weighted by molar-refractivity contribution is -0.121. The predicted octanol–water partition coefficient (Wildman–Crippen LogP) is 2.65. The van der Waals surface area contributed by atoms with E-state index in [2.05, 4.69) is 32.7 Å². The standard InChI is InChI=1S/C13H25ClN2O/c1-10(14)9-16-12(17)6-5-11(7-8-15)13(2,3)4/h11H,1,5-9,15H2,2-4H3,(H,16,17). The lowest BCUT2D eigenvalue weighted by Gasteiger charge is -2.30. The van der Waals surface area contributed by atoms with Gasteiger partial charge in [0.2, 0.25) is 5.91 Å². The van der Waals surface area contributed by atoms with Gasteiger partial charge < -0.3 is 11.1 Å². The molecule has 1 unspecified atom stereocenters. The first-order valence-corrected chi connectivity index (χ1v) is 6.45. The fourth-order valence-corrected chi connectivity index (χ4v) is 1.87. The van der Waals surface area contributed by atoms with Crippen LogP contribution in [0.1, 0.15) is 40.0 Å². The molecule has 3 nitrogen and oxygen atoms in total. The lowest BCUT2D eigenvalue weighted by Crippen LogP contribution is -2.28. The van der Waals surface area contributed by atoms with E-state index in [0.717, 1.165) is 12.8 Å². The van der Waals surface area contributed by atoms with Gasteiger partial charge in [-0.3, -0.25) is 4.79 Å². The Labute approximate surface area is 110 Å². The van der Waals surface area contributed by atoms with Crippen LogP contribution < -0.4 is 11.1 Å². The number of hydrogen-bond donors (Lipinski definition) is 2. The smallest absolute Gasteiger partial charge is 0.220 e. The number of amides is 1. The summed E-state index contributed by atoms with van der Waals surface area (Å²) in [6.45, 7) is 11.1. The van der Waals surface area contributed by atoms with Crippen molar-refractivity contribution in [3.63, 3.8) is 0 Å². The Hall–Kier alpha value is -0.540. The minimum absolute atomic E-state index is 0.0260. The quantitative estimate of drug-likeness (QED) is 0.739. The highest BCUT2D eigenvalue weighted by atomic mass is 35.5. The van der Waals surface area contributed by atoms with Gasteiger partial charge in [-0.1, -0.05) is 39.0 Å². The Kier molecular flexibility index (Phi) is 7.48. The highest BCUT2D eigenvalue weighted by molar-refractivity contribution is 6.29. The summed E-state index contributed by atoms with van der Waals surface area (Å²) in [7, 11) is 0. The molecule has 0 saturated heterocycles. The van der Waals surface area contributed by atoms with Crippen molar-refractivity contribution in [3.8, 4) is 0 Å². The average molecular weight is 261 g/mol. The minimum atomic E-state index is 0.0260.